The van der Waals surface area contributed by atoms with Gasteiger partial charge in [-0.15, -0.1) is 0 Å². The number of carbonyl (C=O) groups excluding carboxylic acids is 1. The molecular weight excluding hydrogens is 382 g/mol. The van der Waals surface area contributed by atoms with Gasteiger partial charge in [0.25, 0.3) is 0 Å². The Kier molecular flexibility index (Phi) is 8.19. The molecular formula is C22H35N5O3. The predicted octanol–water partition coefficient (Wildman–Crippen LogP) is 1.42. The summed E-state index contributed by atoms with van der Waals surface area (Å²) >= 11 is 0. The van der Waals surface area contributed by atoms with E-state index in [1.54, 1.807) is 26.1 Å². The van der Waals surface area contributed by atoms with Gasteiger partial charge in [-0.3, -0.25) is 4.79 Å². The van der Waals surface area contributed by atoms with Crippen molar-refractivity contribution < 1.29 is 14.3 Å². The maximum Gasteiger partial charge on any atom is 0.243 e. The summed E-state index contributed by atoms with van der Waals surface area (Å²) < 4.78 is 11.1. The average Bonchev–Trinajstić information content (AvgIpc) is 2.80. The molecule has 0 saturated carbocycles. The number of hydrogen-bond donors (Lipinski definition) is 1. The molecule has 1 amide bonds. The molecule has 0 spiro atoms. The molecule has 0 aromatic heterocycles. The van der Waals surface area contributed by atoms with Crippen molar-refractivity contribution in [1.29, 1.82) is 0 Å². The van der Waals surface area contributed by atoms with Gasteiger partial charge in [0.2, 0.25) is 5.91 Å². The maximum atomic E-state index is 12.1. The van der Waals surface area contributed by atoms with Crippen LogP contribution in [0.5, 0.6) is 5.75 Å². The number of ether oxygens (including phenoxy) is 2. The number of anilines is 1. The van der Waals surface area contributed by atoms with Crippen molar-refractivity contribution >= 4 is 17.6 Å². The van der Waals surface area contributed by atoms with Crippen LogP contribution in [0, 0.1) is 0 Å². The molecule has 0 radical (unpaired) electrons. The first kappa shape index (κ1) is 22.2. The number of methoxy groups -OCH3 is 1. The molecule has 2 heterocycles. The molecule has 2 fully saturated rings. The van der Waals surface area contributed by atoms with E-state index in [1.807, 2.05) is 12.1 Å². The molecule has 1 aromatic carbocycles. The summed E-state index contributed by atoms with van der Waals surface area (Å²) in [5.41, 5.74) is 1.19. The van der Waals surface area contributed by atoms with Crippen molar-refractivity contribution in [1.82, 2.24) is 15.1 Å². The van der Waals surface area contributed by atoms with Crippen molar-refractivity contribution in [2.45, 2.75) is 25.4 Å². The topological polar surface area (TPSA) is 69.6 Å². The van der Waals surface area contributed by atoms with E-state index in [4.69, 9.17) is 9.47 Å². The Morgan fingerprint density at radius 2 is 1.93 bits per heavy atom. The summed E-state index contributed by atoms with van der Waals surface area (Å²) in [6, 6.07) is 8.18. The Hall–Kier alpha value is -2.48. The van der Waals surface area contributed by atoms with Crippen LogP contribution in [0.25, 0.3) is 0 Å². The van der Waals surface area contributed by atoms with Crippen molar-refractivity contribution in [3.63, 3.8) is 0 Å². The number of aliphatic imine (C=N–C) groups is 1. The molecule has 8 heteroatoms. The Morgan fingerprint density at radius 1 is 1.20 bits per heavy atom. The highest BCUT2D eigenvalue weighted by atomic mass is 16.5. The van der Waals surface area contributed by atoms with E-state index in [1.165, 1.54) is 12.1 Å². The van der Waals surface area contributed by atoms with Gasteiger partial charge in [-0.2, -0.15) is 0 Å². The van der Waals surface area contributed by atoms with E-state index < -0.39 is 0 Å². The van der Waals surface area contributed by atoms with Crippen LogP contribution in [0.2, 0.25) is 0 Å². The third-order valence-corrected chi connectivity index (χ3v) is 5.64. The van der Waals surface area contributed by atoms with E-state index in [9.17, 15) is 4.79 Å². The second kappa shape index (κ2) is 11.1. The van der Waals surface area contributed by atoms with Gasteiger partial charge < -0.3 is 29.5 Å². The number of likely N-dealkylation sites (N-methyl/N-ethyl adjacent to an activating group) is 1. The second-order valence-corrected chi connectivity index (χ2v) is 7.97. The van der Waals surface area contributed by atoms with Gasteiger partial charge in [0, 0.05) is 59.1 Å². The van der Waals surface area contributed by atoms with E-state index >= 15 is 0 Å². The van der Waals surface area contributed by atoms with Gasteiger partial charge in [-0.1, -0.05) is 0 Å². The van der Waals surface area contributed by atoms with Crippen LogP contribution >= 0.6 is 0 Å². The Balaban J connectivity index is 1.59. The van der Waals surface area contributed by atoms with E-state index in [-0.39, 0.29) is 18.6 Å². The number of benzene rings is 1. The number of nitrogens with zero attached hydrogens (tertiary/aromatic N) is 4. The molecule has 2 saturated heterocycles. The van der Waals surface area contributed by atoms with E-state index in [0.29, 0.717) is 0 Å². The number of nitrogens with one attached hydrogen (secondary N) is 1. The summed E-state index contributed by atoms with van der Waals surface area (Å²) in [6.45, 7) is 5.20. The predicted molar refractivity (Wildman–Crippen MR) is 119 cm³/mol. The first-order valence-corrected chi connectivity index (χ1v) is 10.8. The zero-order chi connectivity index (χ0) is 21.3. The minimum absolute atomic E-state index is 0.0000789. The van der Waals surface area contributed by atoms with Crippen LogP contribution in [0.15, 0.2) is 29.3 Å². The number of rotatable bonds is 6. The van der Waals surface area contributed by atoms with Crippen molar-refractivity contribution in [2.24, 2.45) is 4.99 Å². The molecule has 1 aromatic rings. The Morgan fingerprint density at radius 3 is 2.53 bits per heavy atom. The fourth-order valence-corrected chi connectivity index (χ4v) is 3.69. The normalized spacial score (nSPS) is 20.1. The summed E-state index contributed by atoms with van der Waals surface area (Å²) in [5, 5.41) is 3.47. The number of piperazine rings is 1. The summed E-state index contributed by atoms with van der Waals surface area (Å²) in [4.78, 5) is 22.9. The highest BCUT2D eigenvalue weighted by Crippen LogP contribution is 2.20. The number of carbonyl (C=O) groups is 1. The van der Waals surface area contributed by atoms with Gasteiger partial charge in [0.1, 0.15) is 12.3 Å². The van der Waals surface area contributed by atoms with Crippen LogP contribution < -0.4 is 15.0 Å². The van der Waals surface area contributed by atoms with E-state index in [2.05, 4.69) is 32.2 Å². The Bertz CT molecular complexity index is 693. The molecule has 3 rings (SSSR count). The summed E-state index contributed by atoms with van der Waals surface area (Å²) in [5.74, 6) is 1.67. The van der Waals surface area contributed by atoms with Crippen LogP contribution in [-0.4, -0.2) is 94.9 Å². The fraction of sp³-hybridized carbons (Fsp3) is 0.636. The molecule has 1 atom stereocenters. The highest BCUT2D eigenvalue weighted by molar-refractivity contribution is 5.85. The minimum Gasteiger partial charge on any atom is -0.497 e. The van der Waals surface area contributed by atoms with Gasteiger partial charge in [-0.05, 0) is 43.5 Å². The lowest BCUT2D eigenvalue weighted by Crippen LogP contribution is -2.54. The number of hydrogen-bond acceptors (Lipinski definition) is 5. The van der Waals surface area contributed by atoms with Crippen molar-refractivity contribution in [3.05, 3.63) is 24.3 Å². The molecule has 2 aliphatic heterocycles. The minimum atomic E-state index is 0.0000789. The largest absolute Gasteiger partial charge is 0.497 e. The molecule has 8 nitrogen and oxygen atoms in total. The smallest absolute Gasteiger partial charge is 0.243 e. The molecule has 1 unspecified atom stereocenters. The number of amides is 1. The quantitative estimate of drug-likeness (QED) is 0.558. The molecule has 1 N–H and O–H groups in total. The Labute approximate surface area is 179 Å². The SMILES string of the molecule is COc1ccc(N2CCN(C(=NCC(=O)N(C)C)NCC3CCCCO3)CC2)cc1. The molecule has 166 valence electrons. The highest BCUT2D eigenvalue weighted by Gasteiger charge is 2.22. The zero-order valence-corrected chi connectivity index (χ0v) is 18.5. The molecule has 0 bridgehead atoms. The summed E-state index contributed by atoms with van der Waals surface area (Å²) in [7, 11) is 5.20. The van der Waals surface area contributed by atoms with Crippen LogP contribution in [0.4, 0.5) is 5.69 Å². The lowest BCUT2D eigenvalue weighted by Gasteiger charge is -2.38. The van der Waals surface area contributed by atoms with Crippen molar-refractivity contribution in [3.8, 4) is 5.75 Å². The van der Waals surface area contributed by atoms with Gasteiger partial charge >= 0.3 is 0 Å². The lowest BCUT2D eigenvalue weighted by atomic mass is 10.1. The first-order chi connectivity index (χ1) is 14.6. The van der Waals surface area contributed by atoms with Gasteiger partial charge in [0.15, 0.2) is 5.96 Å². The van der Waals surface area contributed by atoms with Crippen LogP contribution in [0.1, 0.15) is 19.3 Å². The summed E-state index contributed by atoms with van der Waals surface area (Å²) in [6.07, 6.45) is 3.64. The zero-order valence-electron chi connectivity index (χ0n) is 18.5. The molecule has 2 aliphatic rings. The van der Waals surface area contributed by atoms with Crippen LogP contribution in [-0.2, 0) is 9.53 Å². The molecule has 30 heavy (non-hydrogen) atoms. The third-order valence-electron chi connectivity index (χ3n) is 5.64. The lowest BCUT2D eigenvalue weighted by molar-refractivity contribution is -0.127. The monoisotopic (exact) mass is 417 g/mol. The fourth-order valence-electron chi connectivity index (χ4n) is 3.69. The van der Waals surface area contributed by atoms with Crippen molar-refractivity contribution in [2.75, 3.05) is 72.0 Å². The van der Waals surface area contributed by atoms with Gasteiger partial charge in [0.05, 0.1) is 13.2 Å². The maximum absolute atomic E-state index is 12.1. The average molecular weight is 418 g/mol. The van der Waals surface area contributed by atoms with Crippen LogP contribution in [0.3, 0.4) is 0 Å². The standard InChI is InChI=1S/C22H35N5O3/c1-25(2)21(28)17-24-22(23-16-20-6-4-5-15-30-20)27-13-11-26(12-14-27)18-7-9-19(29-3)10-8-18/h7-10,20H,4-6,11-17H2,1-3H3,(H,23,24). The van der Waals surface area contributed by atoms with E-state index in [0.717, 1.165) is 63.9 Å². The third kappa shape index (κ3) is 6.26. The number of guanidine groups is 1. The molecule has 0 aliphatic carbocycles. The first-order valence-electron chi connectivity index (χ1n) is 10.8. The second-order valence-electron chi connectivity index (χ2n) is 7.97. The van der Waals surface area contributed by atoms with Gasteiger partial charge in [-0.25, -0.2) is 4.99 Å².